The lowest BCUT2D eigenvalue weighted by atomic mass is 9.95. The van der Waals surface area contributed by atoms with Crippen molar-refractivity contribution in [2.24, 2.45) is 0 Å². The summed E-state index contributed by atoms with van der Waals surface area (Å²) in [4.78, 5) is 29.7. The van der Waals surface area contributed by atoms with E-state index >= 15 is 0 Å². The van der Waals surface area contributed by atoms with Gasteiger partial charge in [0, 0.05) is 31.7 Å². The standard InChI is InChI=1S/C23H22Cl2N2O4/c24-17-7-6-16(14-18(17)25)20-19(21(28)15-4-2-1-3-5-15)22(29)23(30)27(20)9-8-26-10-12-31-13-11-26/h1-7,14,20,28H,8-13H2/t20-/m1/s1. The molecule has 2 saturated heterocycles. The molecule has 0 spiro atoms. The Morgan fingerprint density at radius 1 is 1.00 bits per heavy atom. The summed E-state index contributed by atoms with van der Waals surface area (Å²) in [6, 6.07) is 13.0. The lowest BCUT2D eigenvalue weighted by Gasteiger charge is -2.31. The number of hydrogen-bond donors (Lipinski definition) is 1. The largest absolute Gasteiger partial charge is 0.507 e. The molecule has 162 valence electrons. The van der Waals surface area contributed by atoms with E-state index in [4.69, 9.17) is 27.9 Å². The van der Waals surface area contributed by atoms with E-state index < -0.39 is 17.7 Å². The molecule has 4 rings (SSSR count). The first-order valence-corrected chi connectivity index (χ1v) is 10.8. The minimum atomic E-state index is -0.754. The molecule has 2 aromatic rings. The Morgan fingerprint density at radius 2 is 1.71 bits per heavy atom. The van der Waals surface area contributed by atoms with Crippen molar-refractivity contribution in [3.05, 3.63) is 75.3 Å². The highest BCUT2D eigenvalue weighted by molar-refractivity contribution is 6.46. The zero-order chi connectivity index (χ0) is 22.0. The van der Waals surface area contributed by atoms with Gasteiger partial charge in [0.05, 0.1) is 34.9 Å². The highest BCUT2D eigenvalue weighted by Gasteiger charge is 2.46. The fourth-order valence-electron chi connectivity index (χ4n) is 3.97. The smallest absolute Gasteiger partial charge is 0.295 e. The molecule has 0 aromatic heterocycles. The number of hydrogen-bond acceptors (Lipinski definition) is 5. The molecule has 31 heavy (non-hydrogen) atoms. The van der Waals surface area contributed by atoms with Gasteiger partial charge < -0.3 is 14.7 Å². The summed E-state index contributed by atoms with van der Waals surface area (Å²) in [5.74, 6) is -1.55. The van der Waals surface area contributed by atoms with Crippen LogP contribution in [0.15, 0.2) is 54.1 Å². The number of benzene rings is 2. The third-order valence-corrected chi connectivity index (χ3v) is 6.35. The van der Waals surface area contributed by atoms with Crippen LogP contribution in [0.3, 0.4) is 0 Å². The van der Waals surface area contributed by atoms with Crippen molar-refractivity contribution in [2.75, 3.05) is 39.4 Å². The molecule has 1 amide bonds. The molecule has 0 bridgehead atoms. The van der Waals surface area contributed by atoms with Gasteiger partial charge in [0.2, 0.25) is 0 Å². The van der Waals surface area contributed by atoms with Gasteiger partial charge in [-0.1, -0.05) is 59.6 Å². The second-order valence-electron chi connectivity index (χ2n) is 7.49. The minimum absolute atomic E-state index is 0.0524. The number of rotatable bonds is 5. The van der Waals surface area contributed by atoms with Gasteiger partial charge in [-0.3, -0.25) is 14.5 Å². The number of carbonyl (C=O) groups excluding carboxylic acids is 2. The Balaban J connectivity index is 1.75. The SMILES string of the molecule is O=C1C(=O)N(CCN2CCOCC2)[C@H](c2ccc(Cl)c(Cl)c2)C1=C(O)c1ccccc1. The molecule has 0 unspecified atom stereocenters. The van der Waals surface area contributed by atoms with Crippen molar-refractivity contribution in [1.82, 2.24) is 9.80 Å². The number of morpholine rings is 1. The molecular weight excluding hydrogens is 439 g/mol. The molecule has 8 heteroatoms. The number of ketones is 1. The van der Waals surface area contributed by atoms with Crippen molar-refractivity contribution in [2.45, 2.75) is 6.04 Å². The summed E-state index contributed by atoms with van der Waals surface area (Å²) < 4.78 is 5.38. The number of aliphatic hydroxyl groups is 1. The maximum absolute atomic E-state index is 13.0. The van der Waals surface area contributed by atoms with Gasteiger partial charge in [-0.25, -0.2) is 0 Å². The van der Waals surface area contributed by atoms with Gasteiger partial charge in [0.15, 0.2) is 0 Å². The zero-order valence-corrected chi connectivity index (χ0v) is 18.3. The van der Waals surface area contributed by atoms with E-state index in [9.17, 15) is 14.7 Å². The maximum atomic E-state index is 13.0. The summed E-state index contributed by atoms with van der Waals surface area (Å²) in [5, 5.41) is 11.7. The number of carbonyl (C=O) groups is 2. The quantitative estimate of drug-likeness (QED) is 0.418. The van der Waals surface area contributed by atoms with Gasteiger partial charge in [0.25, 0.3) is 11.7 Å². The summed E-state index contributed by atoms with van der Waals surface area (Å²) in [5.41, 5.74) is 1.14. The third-order valence-electron chi connectivity index (χ3n) is 5.61. The lowest BCUT2D eigenvalue weighted by Crippen LogP contribution is -2.42. The number of Topliss-reactive ketones (excluding diaryl/α,β-unsaturated/α-hetero) is 1. The second kappa shape index (κ2) is 9.40. The summed E-state index contributed by atoms with van der Waals surface area (Å²) in [6.45, 7) is 3.75. The van der Waals surface area contributed by atoms with Crippen LogP contribution >= 0.6 is 23.2 Å². The number of halogens is 2. The van der Waals surface area contributed by atoms with E-state index in [0.29, 0.717) is 47.5 Å². The van der Waals surface area contributed by atoms with Crippen LogP contribution in [-0.4, -0.2) is 66.0 Å². The Hall–Kier alpha value is -2.38. The van der Waals surface area contributed by atoms with Gasteiger partial charge in [-0.15, -0.1) is 0 Å². The lowest BCUT2D eigenvalue weighted by molar-refractivity contribution is -0.140. The van der Waals surface area contributed by atoms with Gasteiger partial charge >= 0.3 is 0 Å². The molecule has 0 aliphatic carbocycles. The molecule has 2 aliphatic rings. The predicted octanol–water partition coefficient (Wildman–Crippen LogP) is 3.75. The predicted molar refractivity (Wildman–Crippen MR) is 119 cm³/mol. The van der Waals surface area contributed by atoms with Crippen LogP contribution in [0.25, 0.3) is 5.76 Å². The molecule has 1 N–H and O–H groups in total. The normalized spacial score (nSPS) is 21.6. The number of ether oxygens (including phenoxy) is 1. The minimum Gasteiger partial charge on any atom is -0.507 e. The fraction of sp³-hybridized carbons (Fsp3) is 0.304. The average Bonchev–Trinajstić information content (AvgIpc) is 3.05. The monoisotopic (exact) mass is 460 g/mol. The van der Waals surface area contributed by atoms with Crippen molar-refractivity contribution in [1.29, 1.82) is 0 Å². The van der Waals surface area contributed by atoms with Crippen molar-refractivity contribution >= 4 is 40.7 Å². The zero-order valence-electron chi connectivity index (χ0n) is 16.8. The van der Waals surface area contributed by atoms with E-state index in [0.717, 1.165) is 13.1 Å². The highest BCUT2D eigenvalue weighted by Crippen LogP contribution is 2.40. The number of amides is 1. The van der Waals surface area contributed by atoms with Crippen LogP contribution in [0.5, 0.6) is 0 Å². The Labute approximate surface area is 190 Å². The molecular formula is C23H22Cl2N2O4. The van der Waals surface area contributed by atoms with Crippen LogP contribution in [0.2, 0.25) is 10.0 Å². The summed E-state index contributed by atoms with van der Waals surface area (Å²) in [6.07, 6.45) is 0. The average molecular weight is 461 g/mol. The first-order valence-electron chi connectivity index (χ1n) is 10.1. The van der Waals surface area contributed by atoms with Crippen LogP contribution in [0.4, 0.5) is 0 Å². The number of aliphatic hydroxyl groups excluding tert-OH is 1. The molecule has 2 heterocycles. The van der Waals surface area contributed by atoms with Crippen LogP contribution < -0.4 is 0 Å². The molecule has 0 radical (unpaired) electrons. The van der Waals surface area contributed by atoms with Crippen molar-refractivity contribution in [3.63, 3.8) is 0 Å². The van der Waals surface area contributed by atoms with Gasteiger partial charge in [-0.05, 0) is 17.7 Å². The first kappa shape index (κ1) is 21.8. The van der Waals surface area contributed by atoms with Crippen LogP contribution in [-0.2, 0) is 14.3 Å². The van der Waals surface area contributed by atoms with E-state index in [-0.39, 0.29) is 11.3 Å². The molecule has 2 aliphatic heterocycles. The van der Waals surface area contributed by atoms with Gasteiger partial charge in [-0.2, -0.15) is 0 Å². The molecule has 6 nitrogen and oxygen atoms in total. The summed E-state index contributed by atoms with van der Waals surface area (Å²) in [7, 11) is 0. The molecule has 2 fully saturated rings. The topological polar surface area (TPSA) is 70.1 Å². The van der Waals surface area contributed by atoms with Gasteiger partial charge in [0.1, 0.15) is 5.76 Å². The second-order valence-corrected chi connectivity index (χ2v) is 8.30. The summed E-state index contributed by atoms with van der Waals surface area (Å²) >= 11 is 12.3. The van der Waals surface area contributed by atoms with E-state index in [1.54, 1.807) is 42.5 Å². The Bertz CT molecular complexity index is 1020. The van der Waals surface area contributed by atoms with Crippen LogP contribution in [0, 0.1) is 0 Å². The van der Waals surface area contributed by atoms with E-state index in [1.165, 1.54) is 4.90 Å². The van der Waals surface area contributed by atoms with E-state index in [1.807, 2.05) is 6.07 Å². The maximum Gasteiger partial charge on any atom is 0.295 e. The number of likely N-dealkylation sites (tertiary alicyclic amines) is 1. The molecule has 0 saturated carbocycles. The van der Waals surface area contributed by atoms with Crippen molar-refractivity contribution < 1.29 is 19.4 Å². The molecule has 1 atom stereocenters. The Kier molecular flexibility index (Phi) is 6.62. The van der Waals surface area contributed by atoms with Crippen molar-refractivity contribution in [3.8, 4) is 0 Å². The van der Waals surface area contributed by atoms with Crippen LogP contribution in [0.1, 0.15) is 17.2 Å². The number of nitrogens with zero attached hydrogens (tertiary/aromatic N) is 2. The van der Waals surface area contributed by atoms with E-state index in [2.05, 4.69) is 4.90 Å². The molecule has 2 aromatic carbocycles. The fourth-order valence-corrected chi connectivity index (χ4v) is 4.27. The first-order chi connectivity index (χ1) is 15.0. The Morgan fingerprint density at radius 3 is 2.39 bits per heavy atom. The highest BCUT2D eigenvalue weighted by atomic mass is 35.5. The third kappa shape index (κ3) is 4.48.